The maximum absolute atomic E-state index is 12.9. The van der Waals surface area contributed by atoms with E-state index < -0.39 is 0 Å². The molecule has 1 saturated heterocycles. The summed E-state index contributed by atoms with van der Waals surface area (Å²) >= 11 is 1.74. The molecule has 1 aliphatic heterocycles. The van der Waals surface area contributed by atoms with Crippen molar-refractivity contribution in [3.63, 3.8) is 0 Å². The molecule has 7 nitrogen and oxygen atoms in total. The van der Waals surface area contributed by atoms with Gasteiger partial charge in [0.05, 0.1) is 17.6 Å². The number of hydrogen-bond donors (Lipinski definition) is 1. The predicted molar refractivity (Wildman–Crippen MR) is 140 cm³/mol. The molecule has 0 aliphatic carbocycles. The summed E-state index contributed by atoms with van der Waals surface area (Å²) in [6, 6.07) is 10.2. The van der Waals surface area contributed by atoms with Crippen LogP contribution in [0.2, 0.25) is 0 Å². The minimum atomic E-state index is -0.244. The number of piperidine rings is 1. The van der Waals surface area contributed by atoms with Crippen molar-refractivity contribution in [2.75, 3.05) is 33.4 Å². The van der Waals surface area contributed by atoms with Crippen LogP contribution >= 0.6 is 11.3 Å². The van der Waals surface area contributed by atoms with Crippen LogP contribution < -0.4 is 5.32 Å². The first-order chi connectivity index (χ1) is 17.0. The number of methoxy groups -OCH3 is 1. The molecular weight excluding hydrogens is 460 g/mol. The smallest absolute Gasteiger partial charge is 0.251 e. The summed E-state index contributed by atoms with van der Waals surface area (Å²) < 4.78 is 7.57. The lowest BCUT2D eigenvalue weighted by atomic mass is 9.98. The number of thiophene rings is 1. The third kappa shape index (κ3) is 5.93. The number of likely N-dealkylation sites (tertiary alicyclic amines) is 1. The van der Waals surface area contributed by atoms with E-state index in [0.717, 1.165) is 68.7 Å². The van der Waals surface area contributed by atoms with Crippen molar-refractivity contribution in [3.05, 3.63) is 52.0 Å². The number of nitrogens with zero attached hydrogens (tertiary/aromatic N) is 3. The molecule has 1 fully saturated rings. The van der Waals surface area contributed by atoms with Gasteiger partial charge in [0, 0.05) is 49.7 Å². The highest BCUT2D eigenvalue weighted by atomic mass is 32.1. The van der Waals surface area contributed by atoms with Gasteiger partial charge in [0.2, 0.25) is 5.91 Å². The normalized spacial score (nSPS) is 14.7. The molecule has 0 radical (unpaired) electrons. The van der Waals surface area contributed by atoms with Crippen LogP contribution in [0.4, 0.5) is 0 Å². The molecule has 188 valence electrons. The lowest BCUT2D eigenvalue weighted by Crippen LogP contribution is -2.44. The van der Waals surface area contributed by atoms with E-state index in [1.807, 2.05) is 23.1 Å². The average molecular weight is 497 g/mol. The van der Waals surface area contributed by atoms with Crippen molar-refractivity contribution < 1.29 is 14.3 Å². The highest BCUT2D eigenvalue weighted by molar-refractivity contribution is 7.09. The summed E-state index contributed by atoms with van der Waals surface area (Å²) in [5.74, 6) is 1.26. The first-order valence-electron chi connectivity index (χ1n) is 12.6. The minimum Gasteiger partial charge on any atom is -0.384 e. The highest BCUT2D eigenvalue weighted by Crippen LogP contribution is 2.28. The number of carbonyl (C=O) groups excluding carboxylic acids is 2. The summed E-state index contributed by atoms with van der Waals surface area (Å²) in [6.45, 7) is 6.59. The molecule has 2 amide bonds. The second-order valence-electron chi connectivity index (χ2n) is 9.29. The van der Waals surface area contributed by atoms with Crippen molar-refractivity contribution in [2.24, 2.45) is 5.92 Å². The Morgan fingerprint density at radius 1 is 1.20 bits per heavy atom. The standard InChI is InChI=1S/C27H36N4O3S/c1-4-21(5-2)31-24-9-8-20(15-23(24)29-25(31)16-22-7-6-14-35-22)27(33)28-17-26(32)30-12-10-19(11-13-30)18-34-3/h6-9,14-15,19,21H,4-5,10-13,16-18H2,1-3H3,(H,28,33). The topological polar surface area (TPSA) is 76.5 Å². The molecule has 0 atom stereocenters. The number of imidazole rings is 1. The van der Waals surface area contributed by atoms with Gasteiger partial charge < -0.3 is 19.5 Å². The van der Waals surface area contributed by atoms with E-state index in [1.54, 1.807) is 18.4 Å². The zero-order valence-electron chi connectivity index (χ0n) is 21.0. The summed E-state index contributed by atoms with van der Waals surface area (Å²) in [5, 5.41) is 4.90. The molecule has 1 aliphatic rings. The van der Waals surface area contributed by atoms with Crippen molar-refractivity contribution >= 4 is 34.2 Å². The van der Waals surface area contributed by atoms with E-state index in [9.17, 15) is 9.59 Å². The lowest BCUT2D eigenvalue weighted by molar-refractivity contribution is -0.131. The number of amides is 2. The van der Waals surface area contributed by atoms with E-state index in [2.05, 4.69) is 41.2 Å². The minimum absolute atomic E-state index is 0.0115. The van der Waals surface area contributed by atoms with Gasteiger partial charge in [-0.2, -0.15) is 0 Å². The first-order valence-corrected chi connectivity index (χ1v) is 13.5. The molecule has 1 N–H and O–H groups in total. The third-order valence-corrected chi connectivity index (χ3v) is 7.89. The zero-order chi connectivity index (χ0) is 24.8. The summed E-state index contributed by atoms with van der Waals surface area (Å²) in [4.78, 5) is 33.5. The van der Waals surface area contributed by atoms with Crippen LogP contribution in [0.15, 0.2) is 35.7 Å². The van der Waals surface area contributed by atoms with Crippen LogP contribution in [0.25, 0.3) is 11.0 Å². The Morgan fingerprint density at radius 3 is 2.63 bits per heavy atom. The number of hydrogen-bond acceptors (Lipinski definition) is 5. The maximum Gasteiger partial charge on any atom is 0.251 e. The van der Waals surface area contributed by atoms with Crippen molar-refractivity contribution in [1.82, 2.24) is 19.8 Å². The Kier molecular flexibility index (Phi) is 8.57. The van der Waals surface area contributed by atoms with Crippen LogP contribution in [0.1, 0.15) is 66.6 Å². The SMILES string of the molecule is CCC(CC)n1c(Cc2cccs2)nc2cc(C(=O)NCC(=O)N3CCC(COC)CC3)ccc21. The predicted octanol–water partition coefficient (Wildman–Crippen LogP) is 4.66. The van der Waals surface area contributed by atoms with Gasteiger partial charge in [-0.05, 0) is 61.2 Å². The van der Waals surface area contributed by atoms with E-state index in [1.165, 1.54) is 4.88 Å². The first kappa shape index (κ1) is 25.4. The molecule has 2 aromatic heterocycles. The molecular formula is C27H36N4O3S. The van der Waals surface area contributed by atoms with Gasteiger partial charge in [-0.1, -0.05) is 19.9 Å². The number of rotatable bonds is 10. The van der Waals surface area contributed by atoms with E-state index >= 15 is 0 Å². The van der Waals surface area contributed by atoms with Gasteiger partial charge in [-0.25, -0.2) is 4.98 Å². The van der Waals surface area contributed by atoms with Crippen LogP contribution in [0.5, 0.6) is 0 Å². The van der Waals surface area contributed by atoms with Gasteiger partial charge in [0.15, 0.2) is 0 Å². The van der Waals surface area contributed by atoms with Gasteiger partial charge in [-0.3, -0.25) is 9.59 Å². The van der Waals surface area contributed by atoms with Crippen molar-refractivity contribution in [1.29, 1.82) is 0 Å². The number of nitrogens with one attached hydrogen (secondary N) is 1. The summed E-state index contributed by atoms with van der Waals surface area (Å²) in [6.07, 6.45) is 4.70. The third-order valence-electron chi connectivity index (χ3n) is 7.01. The van der Waals surface area contributed by atoms with Crippen LogP contribution in [-0.2, 0) is 16.0 Å². The number of carbonyl (C=O) groups is 2. The largest absolute Gasteiger partial charge is 0.384 e. The Bertz CT molecular complexity index is 1130. The fraction of sp³-hybridized carbons (Fsp3) is 0.519. The van der Waals surface area contributed by atoms with E-state index in [-0.39, 0.29) is 18.4 Å². The Morgan fingerprint density at radius 2 is 1.97 bits per heavy atom. The van der Waals surface area contributed by atoms with Crippen molar-refractivity contribution in [3.8, 4) is 0 Å². The fourth-order valence-electron chi connectivity index (χ4n) is 5.00. The fourth-order valence-corrected chi connectivity index (χ4v) is 5.70. The summed E-state index contributed by atoms with van der Waals surface area (Å²) in [5.41, 5.74) is 2.40. The van der Waals surface area contributed by atoms with Gasteiger partial charge in [0.1, 0.15) is 5.82 Å². The second-order valence-corrected chi connectivity index (χ2v) is 10.3. The van der Waals surface area contributed by atoms with E-state index in [4.69, 9.17) is 9.72 Å². The van der Waals surface area contributed by atoms with Crippen LogP contribution in [-0.4, -0.2) is 59.6 Å². The second kappa shape index (κ2) is 11.8. The van der Waals surface area contributed by atoms with Gasteiger partial charge in [0.25, 0.3) is 5.91 Å². The van der Waals surface area contributed by atoms with Crippen molar-refractivity contribution in [2.45, 2.75) is 52.0 Å². The van der Waals surface area contributed by atoms with E-state index in [0.29, 0.717) is 17.5 Å². The van der Waals surface area contributed by atoms with Crippen LogP contribution in [0, 0.1) is 5.92 Å². The average Bonchev–Trinajstić information content (AvgIpc) is 3.51. The zero-order valence-corrected chi connectivity index (χ0v) is 21.8. The monoisotopic (exact) mass is 496 g/mol. The molecule has 4 rings (SSSR count). The molecule has 35 heavy (non-hydrogen) atoms. The Hall–Kier alpha value is -2.71. The molecule has 1 aromatic carbocycles. The Balaban J connectivity index is 1.46. The summed E-state index contributed by atoms with van der Waals surface area (Å²) in [7, 11) is 1.71. The number of benzene rings is 1. The quantitative estimate of drug-likeness (QED) is 0.443. The van der Waals surface area contributed by atoms with Gasteiger partial charge in [-0.15, -0.1) is 11.3 Å². The molecule has 0 spiro atoms. The number of fused-ring (bicyclic) bond motifs is 1. The van der Waals surface area contributed by atoms with Gasteiger partial charge >= 0.3 is 0 Å². The number of ether oxygens (including phenoxy) is 1. The van der Waals surface area contributed by atoms with Crippen LogP contribution in [0.3, 0.4) is 0 Å². The molecule has 0 unspecified atom stereocenters. The lowest BCUT2D eigenvalue weighted by Gasteiger charge is -2.31. The molecule has 3 aromatic rings. The Labute approximate surface area is 211 Å². The molecule has 8 heteroatoms. The molecule has 0 saturated carbocycles. The number of aromatic nitrogens is 2. The molecule has 3 heterocycles. The molecule has 0 bridgehead atoms. The maximum atomic E-state index is 12.9. The highest BCUT2D eigenvalue weighted by Gasteiger charge is 2.23.